The molecule has 1 aromatic rings. The number of aryl methyl sites for hydroxylation is 2. The molecule has 1 N–H and O–H groups in total. The van der Waals surface area contributed by atoms with Gasteiger partial charge in [0.05, 0.1) is 6.61 Å². The van der Waals surface area contributed by atoms with Crippen molar-refractivity contribution in [2.45, 2.75) is 20.3 Å². The van der Waals surface area contributed by atoms with E-state index in [-0.39, 0.29) is 0 Å². The number of piperazine rings is 1. The average Bonchev–Trinajstić information content (AvgIpc) is 2.40. The second-order valence-electron chi connectivity index (χ2n) is 5.04. The predicted molar refractivity (Wildman–Crippen MR) is 75.3 cm³/mol. The van der Waals surface area contributed by atoms with Crippen LogP contribution in [0, 0.1) is 13.8 Å². The van der Waals surface area contributed by atoms with E-state index in [0.717, 1.165) is 38.4 Å². The maximum absolute atomic E-state index is 5.79. The molecule has 0 aliphatic carbocycles. The largest absolute Gasteiger partial charge is 0.494 e. The maximum Gasteiger partial charge on any atom is 0.119 e. The lowest BCUT2D eigenvalue weighted by molar-refractivity contribution is 0.214. The normalized spacial score (nSPS) is 16.8. The van der Waals surface area contributed by atoms with Crippen molar-refractivity contribution >= 4 is 0 Å². The molecular formula is C15H24N2O. The number of nitrogens with zero attached hydrogens (tertiary/aromatic N) is 1. The number of hydrogen-bond donors (Lipinski definition) is 1. The Bertz CT molecular complexity index is 373. The summed E-state index contributed by atoms with van der Waals surface area (Å²) < 4.78 is 5.79. The quantitative estimate of drug-likeness (QED) is 0.806. The van der Waals surface area contributed by atoms with Gasteiger partial charge in [-0.15, -0.1) is 0 Å². The van der Waals surface area contributed by atoms with E-state index in [2.05, 4.69) is 42.3 Å². The summed E-state index contributed by atoms with van der Waals surface area (Å²) in [6.07, 6.45) is 1.10. The molecule has 1 saturated heterocycles. The summed E-state index contributed by atoms with van der Waals surface area (Å²) in [6, 6.07) is 6.31. The molecule has 0 spiro atoms. The lowest BCUT2D eigenvalue weighted by atomic mass is 10.1. The number of nitrogens with one attached hydrogen (secondary N) is 1. The van der Waals surface area contributed by atoms with Gasteiger partial charge in [0.2, 0.25) is 0 Å². The van der Waals surface area contributed by atoms with E-state index in [4.69, 9.17) is 4.74 Å². The smallest absolute Gasteiger partial charge is 0.119 e. The first-order valence-electron chi connectivity index (χ1n) is 6.89. The molecule has 1 aromatic carbocycles. The van der Waals surface area contributed by atoms with Crippen LogP contribution in [-0.2, 0) is 0 Å². The van der Waals surface area contributed by atoms with Gasteiger partial charge in [-0.2, -0.15) is 0 Å². The minimum atomic E-state index is 0.812. The van der Waals surface area contributed by atoms with E-state index in [1.54, 1.807) is 0 Å². The van der Waals surface area contributed by atoms with Crippen LogP contribution in [0.25, 0.3) is 0 Å². The van der Waals surface area contributed by atoms with Crippen molar-refractivity contribution in [1.82, 2.24) is 10.2 Å². The van der Waals surface area contributed by atoms with Crippen molar-refractivity contribution in [1.29, 1.82) is 0 Å². The zero-order chi connectivity index (χ0) is 12.8. The molecule has 1 aliphatic heterocycles. The van der Waals surface area contributed by atoms with Gasteiger partial charge in [-0.1, -0.05) is 6.07 Å². The van der Waals surface area contributed by atoms with Gasteiger partial charge in [0, 0.05) is 32.7 Å². The zero-order valence-corrected chi connectivity index (χ0v) is 11.5. The van der Waals surface area contributed by atoms with Gasteiger partial charge < -0.3 is 15.0 Å². The Labute approximate surface area is 110 Å². The van der Waals surface area contributed by atoms with Crippen molar-refractivity contribution in [3.05, 3.63) is 29.3 Å². The molecule has 18 heavy (non-hydrogen) atoms. The summed E-state index contributed by atoms with van der Waals surface area (Å²) in [4.78, 5) is 2.50. The summed E-state index contributed by atoms with van der Waals surface area (Å²) >= 11 is 0. The summed E-state index contributed by atoms with van der Waals surface area (Å²) in [5, 5.41) is 3.37. The zero-order valence-electron chi connectivity index (χ0n) is 11.5. The standard InChI is InChI=1S/C15H24N2O/c1-13-4-5-15(12-14(13)2)18-11-3-8-17-9-6-16-7-10-17/h4-5,12,16H,3,6-11H2,1-2H3. The minimum absolute atomic E-state index is 0.812. The van der Waals surface area contributed by atoms with E-state index >= 15 is 0 Å². The third-order valence-corrected chi connectivity index (χ3v) is 3.58. The highest BCUT2D eigenvalue weighted by Gasteiger charge is 2.08. The van der Waals surface area contributed by atoms with Gasteiger partial charge in [0.15, 0.2) is 0 Å². The van der Waals surface area contributed by atoms with Crippen LogP contribution in [0.4, 0.5) is 0 Å². The molecular weight excluding hydrogens is 224 g/mol. The van der Waals surface area contributed by atoms with Gasteiger partial charge in [-0.05, 0) is 43.5 Å². The summed E-state index contributed by atoms with van der Waals surface area (Å²) in [6.45, 7) is 10.8. The Kier molecular flexibility index (Phi) is 5.02. The second-order valence-corrected chi connectivity index (χ2v) is 5.04. The molecule has 3 nitrogen and oxygen atoms in total. The Hall–Kier alpha value is -1.06. The second kappa shape index (κ2) is 6.76. The van der Waals surface area contributed by atoms with Crippen LogP contribution in [-0.4, -0.2) is 44.2 Å². The van der Waals surface area contributed by atoms with E-state index in [9.17, 15) is 0 Å². The first-order valence-corrected chi connectivity index (χ1v) is 6.89. The molecule has 0 amide bonds. The molecule has 0 unspecified atom stereocenters. The number of hydrogen-bond acceptors (Lipinski definition) is 3. The average molecular weight is 248 g/mol. The van der Waals surface area contributed by atoms with Gasteiger partial charge in [-0.25, -0.2) is 0 Å². The molecule has 0 saturated carbocycles. The SMILES string of the molecule is Cc1ccc(OCCCN2CCNCC2)cc1C. The summed E-state index contributed by atoms with van der Waals surface area (Å²) in [5.74, 6) is 0.999. The van der Waals surface area contributed by atoms with Crippen molar-refractivity contribution < 1.29 is 4.74 Å². The maximum atomic E-state index is 5.79. The van der Waals surface area contributed by atoms with E-state index in [1.807, 2.05) is 0 Å². The molecule has 0 aromatic heterocycles. The Morgan fingerprint density at radius 3 is 2.67 bits per heavy atom. The molecule has 0 bridgehead atoms. The van der Waals surface area contributed by atoms with Gasteiger partial charge in [-0.3, -0.25) is 0 Å². The van der Waals surface area contributed by atoms with Crippen LogP contribution in [0.5, 0.6) is 5.75 Å². The van der Waals surface area contributed by atoms with Gasteiger partial charge >= 0.3 is 0 Å². The fourth-order valence-corrected chi connectivity index (χ4v) is 2.22. The van der Waals surface area contributed by atoms with Crippen molar-refractivity contribution in [3.8, 4) is 5.75 Å². The molecule has 2 rings (SSSR count). The first-order chi connectivity index (χ1) is 8.75. The lowest BCUT2D eigenvalue weighted by Gasteiger charge is -2.26. The summed E-state index contributed by atoms with van der Waals surface area (Å²) in [5.41, 5.74) is 2.62. The number of rotatable bonds is 5. The third kappa shape index (κ3) is 4.00. The minimum Gasteiger partial charge on any atom is -0.494 e. The van der Waals surface area contributed by atoms with Gasteiger partial charge in [0.25, 0.3) is 0 Å². The molecule has 1 aliphatic rings. The molecule has 3 heteroatoms. The van der Waals surface area contributed by atoms with Crippen LogP contribution >= 0.6 is 0 Å². The highest BCUT2D eigenvalue weighted by molar-refractivity contribution is 5.33. The van der Waals surface area contributed by atoms with Crippen molar-refractivity contribution in [2.24, 2.45) is 0 Å². The topological polar surface area (TPSA) is 24.5 Å². The highest BCUT2D eigenvalue weighted by atomic mass is 16.5. The first kappa shape index (κ1) is 13.4. The number of ether oxygens (including phenoxy) is 1. The molecule has 1 heterocycles. The van der Waals surface area contributed by atoms with E-state index < -0.39 is 0 Å². The Morgan fingerprint density at radius 2 is 1.94 bits per heavy atom. The molecule has 0 radical (unpaired) electrons. The highest BCUT2D eigenvalue weighted by Crippen LogP contribution is 2.16. The van der Waals surface area contributed by atoms with E-state index in [1.165, 1.54) is 24.2 Å². The predicted octanol–water partition coefficient (Wildman–Crippen LogP) is 1.98. The number of benzene rings is 1. The monoisotopic (exact) mass is 248 g/mol. The van der Waals surface area contributed by atoms with Crippen LogP contribution < -0.4 is 10.1 Å². The summed E-state index contributed by atoms with van der Waals surface area (Å²) in [7, 11) is 0. The van der Waals surface area contributed by atoms with Crippen LogP contribution in [0.3, 0.4) is 0 Å². The Balaban J connectivity index is 1.66. The van der Waals surface area contributed by atoms with E-state index in [0.29, 0.717) is 0 Å². The molecule has 0 atom stereocenters. The van der Waals surface area contributed by atoms with Crippen LogP contribution in [0.15, 0.2) is 18.2 Å². The fraction of sp³-hybridized carbons (Fsp3) is 0.600. The fourth-order valence-electron chi connectivity index (χ4n) is 2.22. The third-order valence-electron chi connectivity index (χ3n) is 3.58. The van der Waals surface area contributed by atoms with Crippen LogP contribution in [0.1, 0.15) is 17.5 Å². The van der Waals surface area contributed by atoms with Crippen LogP contribution in [0.2, 0.25) is 0 Å². The van der Waals surface area contributed by atoms with Gasteiger partial charge in [0.1, 0.15) is 5.75 Å². The Morgan fingerprint density at radius 1 is 1.17 bits per heavy atom. The van der Waals surface area contributed by atoms with Crippen molar-refractivity contribution in [2.75, 3.05) is 39.3 Å². The lowest BCUT2D eigenvalue weighted by Crippen LogP contribution is -2.43. The molecule has 100 valence electrons. The molecule has 1 fully saturated rings. The van der Waals surface area contributed by atoms with Crippen molar-refractivity contribution in [3.63, 3.8) is 0 Å².